The summed E-state index contributed by atoms with van der Waals surface area (Å²) in [7, 11) is 0. The zero-order valence-electron chi connectivity index (χ0n) is 13.9. The monoisotopic (exact) mass is 344 g/mol. The van der Waals surface area contributed by atoms with Crippen molar-refractivity contribution in [1.82, 2.24) is 14.8 Å². The maximum absolute atomic E-state index is 12.5. The first-order valence-electron chi connectivity index (χ1n) is 8.04. The fourth-order valence-electron chi connectivity index (χ4n) is 2.88. The normalized spacial score (nSPS) is 18.2. The number of nitrogens with one attached hydrogen (secondary N) is 1. The standard InChI is InChI=1S/C16H23F3N4O/c1-3-22(11-16(17,18)19)9-13-5-7-23(10-13)15(24)21-14-8-12(2)4-6-20-14/h4,6,8,13H,3,5,7,9-11H2,1-2H3,(H,20,21,24)/t13-/m1/s1. The minimum atomic E-state index is -4.19. The Morgan fingerprint density at radius 3 is 2.88 bits per heavy atom. The number of amides is 2. The van der Waals surface area contributed by atoms with Crippen LogP contribution in [0.4, 0.5) is 23.8 Å². The van der Waals surface area contributed by atoms with Crippen LogP contribution in [0.2, 0.25) is 0 Å². The van der Waals surface area contributed by atoms with Crippen molar-refractivity contribution in [2.75, 3.05) is 38.0 Å². The first-order valence-corrected chi connectivity index (χ1v) is 8.04. The van der Waals surface area contributed by atoms with Crippen LogP contribution < -0.4 is 5.32 Å². The van der Waals surface area contributed by atoms with Crippen molar-refractivity contribution in [3.63, 3.8) is 0 Å². The zero-order chi connectivity index (χ0) is 17.7. The Morgan fingerprint density at radius 1 is 1.50 bits per heavy atom. The summed E-state index contributed by atoms with van der Waals surface area (Å²) in [6.45, 7) is 4.42. The molecule has 2 rings (SSSR count). The van der Waals surface area contributed by atoms with Gasteiger partial charge in [-0.2, -0.15) is 13.2 Å². The molecule has 1 N–H and O–H groups in total. The van der Waals surface area contributed by atoms with Crippen molar-refractivity contribution in [2.45, 2.75) is 26.4 Å². The van der Waals surface area contributed by atoms with Crippen LogP contribution in [0.15, 0.2) is 18.3 Å². The van der Waals surface area contributed by atoms with E-state index in [0.717, 1.165) is 5.56 Å². The first-order chi connectivity index (χ1) is 11.3. The van der Waals surface area contributed by atoms with Crippen LogP contribution in [-0.2, 0) is 0 Å². The number of carbonyl (C=O) groups is 1. The Hall–Kier alpha value is -1.83. The summed E-state index contributed by atoms with van der Waals surface area (Å²) in [4.78, 5) is 19.3. The number of alkyl halides is 3. The third kappa shape index (κ3) is 5.67. The molecule has 1 atom stereocenters. The molecule has 134 valence electrons. The minimum Gasteiger partial charge on any atom is -0.324 e. The number of hydrogen-bond donors (Lipinski definition) is 1. The van der Waals surface area contributed by atoms with Crippen molar-refractivity contribution in [3.8, 4) is 0 Å². The van der Waals surface area contributed by atoms with Crippen LogP contribution in [0, 0.1) is 12.8 Å². The van der Waals surface area contributed by atoms with Crippen molar-refractivity contribution in [3.05, 3.63) is 23.9 Å². The summed E-state index contributed by atoms with van der Waals surface area (Å²) in [5, 5.41) is 2.73. The molecule has 24 heavy (non-hydrogen) atoms. The van der Waals surface area contributed by atoms with E-state index in [4.69, 9.17) is 0 Å². The Kier molecular flexibility index (Phi) is 6.04. The number of nitrogens with zero attached hydrogens (tertiary/aromatic N) is 3. The van der Waals surface area contributed by atoms with Gasteiger partial charge in [0.25, 0.3) is 0 Å². The molecule has 0 bridgehead atoms. The molecule has 2 heterocycles. The van der Waals surface area contributed by atoms with Gasteiger partial charge < -0.3 is 4.90 Å². The third-order valence-corrected chi connectivity index (χ3v) is 4.09. The van der Waals surface area contributed by atoms with Gasteiger partial charge in [0, 0.05) is 25.8 Å². The quantitative estimate of drug-likeness (QED) is 0.893. The number of anilines is 1. The van der Waals surface area contributed by atoms with Gasteiger partial charge in [0.2, 0.25) is 0 Å². The van der Waals surface area contributed by atoms with E-state index in [9.17, 15) is 18.0 Å². The van der Waals surface area contributed by atoms with Gasteiger partial charge in [0.15, 0.2) is 0 Å². The molecule has 0 spiro atoms. The Bertz CT molecular complexity index is 564. The second-order valence-electron chi connectivity index (χ2n) is 6.19. The summed E-state index contributed by atoms with van der Waals surface area (Å²) >= 11 is 0. The van der Waals surface area contributed by atoms with E-state index in [2.05, 4.69) is 10.3 Å². The number of likely N-dealkylation sites (tertiary alicyclic amines) is 1. The van der Waals surface area contributed by atoms with E-state index >= 15 is 0 Å². The van der Waals surface area contributed by atoms with Crippen LogP contribution in [-0.4, -0.2) is 59.7 Å². The van der Waals surface area contributed by atoms with Crippen molar-refractivity contribution < 1.29 is 18.0 Å². The van der Waals surface area contributed by atoms with Crippen LogP contribution in [0.25, 0.3) is 0 Å². The Balaban J connectivity index is 1.84. The molecule has 1 aromatic rings. The second-order valence-corrected chi connectivity index (χ2v) is 6.19. The van der Waals surface area contributed by atoms with Crippen molar-refractivity contribution in [1.29, 1.82) is 0 Å². The van der Waals surface area contributed by atoms with E-state index in [1.807, 2.05) is 13.0 Å². The van der Waals surface area contributed by atoms with Gasteiger partial charge >= 0.3 is 12.2 Å². The summed E-state index contributed by atoms with van der Waals surface area (Å²) in [6.07, 6.45) is -1.86. The number of aromatic nitrogens is 1. The number of halogens is 3. The molecular weight excluding hydrogens is 321 g/mol. The molecule has 0 saturated carbocycles. The van der Waals surface area contributed by atoms with E-state index in [0.29, 0.717) is 38.4 Å². The molecule has 8 heteroatoms. The third-order valence-electron chi connectivity index (χ3n) is 4.09. The number of aryl methyl sites for hydroxylation is 1. The predicted octanol–water partition coefficient (Wildman–Crippen LogP) is 3.13. The first kappa shape index (κ1) is 18.5. The highest BCUT2D eigenvalue weighted by Gasteiger charge is 2.33. The second kappa shape index (κ2) is 7.83. The van der Waals surface area contributed by atoms with Crippen LogP contribution in [0.1, 0.15) is 18.9 Å². The molecular formula is C16H23F3N4O. The largest absolute Gasteiger partial charge is 0.401 e. The molecule has 0 aromatic carbocycles. The van der Waals surface area contributed by atoms with E-state index in [1.165, 1.54) is 4.90 Å². The lowest BCUT2D eigenvalue weighted by Gasteiger charge is -2.25. The number of urea groups is 1. The summed E-state index contributed by atoms with van der Waals surface area (Å²) in [5.41, 5.74) is 0.991. The average molecular weight is 344 g/mol. The van der Waals surface area contributed by atoms with Crippen LogP contribution in [0.3, 0.4) is 0 Å². The molecule has 1 aliphatic rings. The molecule has 1 aromatic heterocycles. The van der Waals surface area contributed by atoms with Gasteiger partial charge in [-0.25, -0.2) is 9.78 Å². The number of rotatable bonds is 5. The van der Waals surface area contributed by atoms with Gasteiger partial charge in [-0.15, -0.1) is 0 Å². The van der Waals surface area contributed by atoms with E-state index < -0.39 is 12.7 Å². The van der Waals surface area contributed by atoms with Crippen LogP contribution >= 0.6 is 0 Å². The van der Waals surface area contributed by atoms with Gasteiger partial charge in [-0.1, -0.05) is 6.92 Å². The minimum absolute atomic E-state index is 0.0588. The Morgan fingerprint density at radius 2 is 2.25 bits per heavy atom. The van der Waals surface area contributed by atoms with Crippen molar-refractivity contribution >= 4 is 11.8 Å². The lowest BCUT2D eigenvalue weighted by molar-refractivity contribution is -0.146. The summed E-state index contributed by atoms with van der Waals surface area (Å²) < 4.78 is 37.6. The maximum atomic E-state index is 12.5. The average Bonchev–Trinajstić information content (AvgIpc) is 2.94. The summed E-state index contributed by atoms with van der Waals surface area (Å²) in [6, 6.07) is 3.35. The maximum Gasteiger partial charge on any atom is 0.401 e. The number of hydrogen-bond acceptors (Lipinski definition) is 3. The molecule has 0 unspecified atom stereocenters. The number of carbonyl (C=O) groups excluding carboxylic acids is 1. The van der Waals surface area contributed by atoms with Gasteiger partial charge in [-0.3, -0.25) is 10.2 Å². The smallest absolute Gasteiger partial charge is 0.324 e. The van der Waals surface area contributed by atoms with Gasteiger partial charge in [0.05, 0.1) is 6.54 Å². The van der Waals surface area contributed by atoms with Gasteiger partial charge in [-0.05, 0) is 43.5 Å². The van der Waals surface area contributed by atoms with Crippen molar-refractivity contribution in [2.24, 2.45) is 5.92 Å². The lowest BCUT2D eigenvalue weighted by atomic mass is 10.1. The highest BCUT2D eigenvalue weighted by atomic mass is 19.4. The molecule has 0 aliphatic carbocycles. The predicted molar refractivity (Wildman–Crippen MR) is 85.8 cm³/mol. The van der Waals surface area contributed by atoms with Gasteiger partial charge in [0.1, 0.15) is 5.82 Å². The molecule has 1 aliphatic heterocycles. The highest BCUT2D eigenvalue weighted by Crippen LogP contribution is 2.22. The number of pyridine rings is 1. The Labute approximate surface area is 139 Å². The molecule has 2 amide bonds. The molecule has 5 nitrogen and oxygen atoms in total. The summed E-state index contributed by atoms with van der Waals surface area (Å²) in [5.74, 6) is 0.541. The SMILES string of the molecule is CCN(C[C@H]1CCN(C(=O)Nc2cc(C)ccn2)C1)CC(F)(F)F. The molecule has 1 fully saturated rings. The topological polar surface area (TPSA) is 48.5 Å². The molecule has 0 radical (unpaired) electrons. The lowest BCUT2D eigenvalue weighted by Crippen LogP contribution is -2.39. The molecule has 1 saturated heterocycles. The zero-order valence-corrected chi connectivity index (χ0v) is 13.9. The fraction of sp³-hybridized carbons (Fsp3) is 0.625. The fourth-order valence-corrected chi connectivity index (χ4v) is 2.88. The van der Waals surface area contributed by atoms with Crippen LogP contribution in [0.5, 0.6) is 0 Å². The highest BCUT2D eigenvalue weighted by molar-refractivity contribution is 5.88. The van der Waals surface area contributed by atoms with E-state index in [-0.39, 0.29) is 11.9 Å². The van der Waals surface area contributed by atoms with E-state index in [1.54, 1.807) is 24.1 Å².